The smallest absolute Gasteiger partial charge is 0.129 e. The molecule has 0 aromatic heterocycles. The molecule has 3 heteroatoms. The van der Waals surface area contributed by atoms with Gasteiger partial charge in [0, 0.05) is 18.7 Å². The van der Waals surface area contributed by atoms with Gasteiger partial charge in [0.05, 0.1) is 6.10 Å². The van der Waals surface area contributed by atoms with E-state index in [1.807, 2.05) is 6.92 Å². The van der Waals surface area contributed by atoms with Crippen molar-refractivity contribution in [3.8, 4) is 0 Å². The van der Waals surface area contributed by atoms with Gasteiger partial charge >= 0.3 is 0 Å². The molecule has 0 saturated heterocycles. The van der Waals surface area contributed by atoms with E-state index in [2.05, 4.69) is 0 Å². The van der Waals surface area contributed by atoms with Gasteiger partial charge in [0.15, 0.2) is 0 Å². The molecule has 78 valence electrons. The number of nitrogens with two attached hydrogens (primary N) is 1. The molecule has 2 nitrogen and oxygen atoms in total. The van der Waals surface area contributed by atoms with E-state index in [1.165, 1.54) is 6.07 Å². The van der Waals surface area contributed by atoms with Gasteiger partial charge in [-0.15, -0.1) is 0 Å². The van der Waals surface area contributed by atoms with E-state index in [0.717, 1.165) is 6.42 Å². The van der Waals surface area contributed by atoms with Crippen LogP contribution in [-0.2, 0) is 4.74 Å². The first kappa shape index (κ1) is 11.1. The lowest BCUT2D eigenvalue weighted by molar-refractivity contribution is 0.0761. The van der Waals surface area contributed by atoms with Crippen molar-refractivity contribution in [1.82, 2.24) is 0 Å². The zero-order chi connectivity index (χ0) is 10.6. The zero-order valence-electron chi connectivity index (χ0n) is 8.53. The summed E-state index contributed by atoms with van der Waals surface area (Å²) in [6, 6.07) is 6.40. The number of halogens is 1. The van der Waals surface area contributed by atoms with Crippen LogP contribution in [-0.4, -0.2) is 13.2 Å². The van der Waals surface area contributed by atoms with Crippen molar-refractivity contribution < 1.29 is 9.13 Å². The number of ether oxygens (including phenoxy) is 1. The van der Waals surface area contributed by atoms with Gasteiger partial charge in [-0.25, -0.2) is 4.39 Å². The van der Waals surface area contributed by atoms with Gasteiger partial charge < -0.3 is 10.5 Å². The van der Waals surface area contributed by atoms with Crippen LogP contribution < -0.4 is 5.73 Å². The maximum absolute atomic E-state index is 13.4. The Balaban J connectivity index is 2.94. The van der Waals surface area contributed by atoms with E-state index in [4.69, 9.17) is 10.5 Å². The van der Waals surface area contributed by atoms with Crippen molar-refractivity contribution in [3.05, 3.63) is 35.6 Å². The second-order valence-corrected chi connectivity index (χ2v) is 3.25. The van der Waals surface area contributed by atoms with Crippen LogP contribution in [0.2, 0.25) is 0 Å². The Morgan fingerprint density at radius 2 is 2.07 bits per heavy atom. The van der Waals surface area contributed by atoms with Crippen molar-refractivity contribution in [1.29, 1.82) is 0 Å². The average Bonchev–Trinajstić information content (AvgIpc) is 2.21. The molecule has 1 aromatic carbocycles. The summed E-state index contributed by atoms with van der Waals surface area (Å²) in [6.07, 6.45) is 0.397. The van der Waals surface area contributed by atoms with Crippen LogP contribution in [0.15, 0.2) is 24.3 Å². The van der Waals surface area contributed by atoms with Gasteiger partial charge in [0.25, 0.3) is 0 Å². The van der Waals surface area contributed by atoms with Crippen LogP contribution in [0.5, 0.6) is 0 Å². The first-order chi connectivity index (χ1) is 6.70. The zero-order valence-corrected chi connectivity index (χ0v) is 8.53. The van der Waals surface area contributed by atoms with E-state index in [0.29, 0.717) is 5.56 Å². The summed E-state index contributed by atoms with van der Waals surface area (Å²) in [7, 11) is 1.55. The fourth-order valence-corrected chi connectivity index (χ4v) is 1.45. The Bertz CT molecular complexity index is 290. The van der Waals surface area contributed by atoms with E-state index in [-0.39, 0.29) is 18.0 Å². The van der Waals surface area contributed by atoms with Crippen LogP contribution in [0, 0.1) is 5.82 Å². The van der Waals surface area contributed by atoms with Crippen LogP contribution in [0.4, 0.5) is 4.39 Å². The summed E-state index contributed by atoms with van der Waals surface area (Å²) < 4.78 is 18.6. The van der Waals surface area contributed by atoms with Gasteiger partial charge in [0.2, 0.25) is 0 Å². The lowest BCUT2D eigenvalue weighted by Crippen LogP contribution is -2.29. The fourth-order valence-electron chi connectivity index (χ4n) is 1.45. The molecule has 1 rings (SSSR count). The number of rotatable bonds is 4. The summed E-state index contributed by atoms with van der Waals surface area (Å²) in [5.41, 5.74) is 6.37. The predicted molar refractivity (Wildman–Crippen MR) is 54.4 cm³/mol. The highest BCUT2D eigenvalue weighted by molar-refractivity contribution is 5.21. The molecule has 0 spiro atoms. The Morgan fingerprint density at radius 3 is 2.57 bits per heavy atom. The first-order valence-electron chi connectivity index (χ1n) is 4.73. The number of benzene rings is 1. The molecule has 2 atom stereocenters. The van der Waals surface area contributed by atoms with Crippen molar-refractivity contribution in [2.75, 3.05) is 7.11 Å². The molecule has 0 amide bonds. The third-order valence-corrected chi connectivity index (χ3v) is 2.33. The molecule has 0 saturated carbocycles. The summed E-state index contributed by atoms with van der Waals surface area (Å²) in [5, 5.41) is 0. The van der Waals surface area contributed by atoms with Crippen LogP contribution in [0.25, 0.3) is 0 Å². The highest BCUT2D eigenvalue weighted by atomic mass is 19.1. The number of hydrogen-bond acceptors (Lipinski definition) is 2. The van der Waals surface area contributed by atoms with Gasteiger partial charge in [-0.1, -0.05) is 25.1 Å². The van der Waals surface area contributed by atoms with Crippen molar-refractivity contribution in [2.24, 2.45) is 5.73 Å². The Morgan fingerprint density at radius 1 is 1.43 bits per heavy atom. The molecular weight excluding hydrogens is 181 g/mol. The third kappa shape index (κ3) is 2.30. The molecule has 0 fully saturated rings. The SMILES string of the molecule is CCC(N)C(OC)c1ccccc1F. The molecule has 14 heavy (non-hydrogen) atoms. The summed E-state index contributed by atoms with van der Waals surface area (Å²) >= 11 is 0. The van der Waals surface area contributed by atoms with Gasteiger partial charge in [-0.2, -0.15) is 0 Å². The Kier molecular flexibility index (Phi) is 4.04. The predicted octanol–water partition coefficient (Wildman–Crippen LogP) is 2.25. The van der Waals surface area contributed by atoms with Crippen LogP contribution in [0.3, 0.4) is 0 Å². The van der Waals surface area contributed by atoms with Gasteiger partial charge in [-0.05, 0) is 12.5 Å². The molecule has 0 radical (unpaired) electrons. The lowest BCUT2D eigenvalue weighted by Gasteiger charge is -2.22. The second kappa shape index (κ2) is 5.08. The monoisotopic (exact) mass is 197 g/mol. The van der Waals surface area contributed by atoms with E-state index in [1.54, 1.807) is 25.3 Å². The molecule has 0 aliphatic rings. The summed E-state index contributed by atoms with van der Waals surface area (Å²) in [5.74, 6) is -0.261. The first-order valence-corrected chi connectivity index (χ1v) is 4.73. The number of methoxy groups -OCH3 is 1. The average molecular weight is 197 g/mol. The molecule has 0 aliphatic heterocycles. The largest absolute Gasteiger partial charge is 0.375 e. The third-order valence-electron chi connectivity index (χ3n) is 2.33. The van der Waals surface area contributed by atoms with Gasteiger partial charge in [-0.3, -0.25) is 0 Å². The summed E-state index contributed by atoms with van der Waals surface area (Å²) in [6.45, 7) is 1.96. The molecule has 0 bridgehead atoms. The maximum Gasteiger partial charge on any atom is 0.129 e. The minimum Gasteiger partial charge on any atom is -0.375 e. The van der Waals surface area contributed by atoms with E-state index >= 15 is 0 Å². The summed E-state index contributed by atoms with van der Waals surface area (Å²) in [4.78, 5) is 0. The molecule has 1 aromatic rings. The maximum atomic E-state index is 13.4. The minimum atomic E-state index is -0.360. The Hall–Kier alpha value is -0.930. The van der Waals surface area contributed by atoms with Gasteiger partial charge in [0.1, 0.15) is 5.82 Å². The number of hydrogen-bond donors (Lipinski definition) is 1. The second-order valence-electron chi connectivity index (χ2n) is 3.25. The normalized spacial score (nSPS) is 15.1. The highest BCUT2D eigenvalue weighted by Gasteiger charge is 2.20. The van der Waals surface area contributed by atoms with Crippen molar-refractivity contribution in [3.63, 3.8) is 0 Å². The van der Waals surface area contributed by atoms with Crippen molar-refractivity contribution in [2.45, 2.75) is 25.5 Å². The fraction of sp³-hybridized carbons (Fsp3) is 0.455. The van der Waals surface area contributed by atoms with E-state index in [9.17, 15) is 4.39 Å². The topological polar surface area (TPSA) is 35.2 Å². The van der Waals surface area contributed by atoms with Crippen LogP contribution in [0.1, 0.15) is 25.0 Å². The molecule has 2 N–H and O–H groups in total. The lowest BCUT2D eigenvalue weighted by atomic mass is 10.0. The van der Waals surface area contributed by atoms with Crippen molar-refractivity contribution >= 4 is 0 Å². The van der Waals surface area contributed by atoms with E-state index < -0.39 is 0 Å². The Labute approximate surface area is 83.9 Å². The molecule has 2 unspecified atom stereocenters. The minimum absolute atomic E-state index is 0.170. The quantitative estimate of drug-likeness (QED) is 0.803. The van der Waals surface area contributed by atoms with Crippen LogP contribution >= 0.6 is 0 Å². The standard InChI is InChI=1S/C11H16FNO/c1-3-10(13)11(14-2)8-6-4-5-7-9(8)12/h4-7,10-11H,3,13H2,1-2H3. The molecule has 0 aliphatic carbocycles. The highest BCUT2D eigenvalue weighted by Crippen LogP contribution is 2.23. The molecule has 0 heterocycles. The molecular formula is C11H16FNO.